The molecular weight excluding hydrogens is 480 g/mol. The lowest BCUT2D eigenvalue weighted by molar-refractivity contribution is -0.123. The van der Waals surface area contributed by atoms with Crippen LogP contribution in [0.5, 0.6) is 0 Å². The maximum Gasteiger partial charge on any atom is 0.270 e. The summed E-state index contributed by atoms with van der Waals surface area (Å²) in [5.74, 6) is 0.563. The second kappa shape index (κ2) is 10.8. The minimum Gasteiger partial charge on any atom is -0.378 e. The second-order valence-corrected chi connectivity index (χ2v) is 10.2. The maximum atomic E-state index is 13.5. The number of benzene rings is 1. The van der Waals surface area contributed by atoms with Crippen LogP contribution in [-0.4, -0.2) is 46.0 Å². The molecule has 2 saturated heterocycles. The molecule has 35 heavy (non-hydrogen) atoms. The van der Waals surface area contributed by atoms with Crippen LogP contribution in [-0.2, 0) is 16.1 Å². The number of ether oxygens (including phenoxy) is 1. The number of carbonyl (C=O) groups excluding carboxylic acids is 1. The fourth-order valence-corrected chi connectivity index (χ4v) is 5.92. The van der Waals surface area contributed by atoms with Crippen molar-refractivity contribution in [1.82, 2.24) is 9.47 Å². The molecule has 2 aliphatic heterocycles. The number of carbonyl (C=O) groups is 1. The second-order valence-electron chi connectivity index (χ2n) is 8.54. The average molecular weight is 509 g/mol. The third-order valence-corrected chi connectivity index (χ3v) is 7.70. The molecule has 1 aromatic heterocycles. The summed E-state index contributed by atoms with van der Waals surface area (Å²) in [7, 11) is 0. The zero-order chi connectivity index (χ0) is 25.1. The highest BCUT2D eigenvalue weighted by Crippen LogP contribution is 2.39. The molecule has 3 heterocycles. The lowest BCUT2D eigenvalue weighted by Gasteiger charge is -2.33. The zero-order valence-corrected chi connectivity index (χ0v) is 21.7. The van der Waals surface area contributed by atoms with Gasteiger partial charge < -0.3 is 9.64 Å². The number of thioether (sulfide) groups is 1. The van der Waals surface area contributed by atoms with Gasteiger partial charge in [0.1, 0.15) is 21.8 Å². The van der Waals surface area contributed by atoms with Gasteiger partial charge in [0.2, 0.25) is 0 Å². The number of amides is 1. The van der Waals surface area contributed by atoms with Crippen LogP contribution in [0, 0.1) is 18.3 Å². The summed E-state index contributed by atoms with van der Waals surface area (Å²) in [6, 6.07) is 11.7. The quantitative estimate of drug-likeness (QED) is 0.427. The van der Waals surface area contributed by atoms with E-state index in [0.29, 0.717) is 53.2 Å². The fourth-order valence-electron chi connectivity index (χ4n) is 4.52. The van der Waals surface area contributed by atoms with Crippen LogP contribution in [0.25, 0.3) is 6.08 Å². The van der Waals surface area contributed by atoms with Gasteiger partial charge in [0.05, 0.1) is 24.2 Å². The average Bonchev–Trinajstić information content (AvgIpc) is 3.15. The van der Waals surface area contributed by atoms with Crippen LogP contribution in [0.15, 0.2) is 40.0 Å². The molecule has 1 amide bonds. The Kier molecular flexibility index (Phi) is 7.75. The summed E-state index contributed by atoms with van der Waals surface area (Å²) in [6.45, 7) is 8.57. The van der Waals surface area contributed by atoms with Gasteiger partial charge in [0.15, 0.2) is 0 Å². The molecule has 182 valence electrons. The van der Waals surface area contributed by atoms with Gasteiger partial charge >= 0.3 is 0 Å². The van der Waals surface area contributed by atoms with Crippen molar-refractivity contribution in [3.05, 3.63) is 67.8 Å². The molecule has 0 saturated carbocycles. The van der Waals surface area contributed by atoms with Crippen LogP contribution >= 0.6 is 24.0 Å². The summed E-state index contributed by atoms with van der Waals surface area (Å²) < 4.78 is 7.70. The predicted molar refractivity (Wildman–Crippen MR) is 143 cm³/mol. The summed E-state index contributed by atoms with van der Waals surface area (Å²) >= 11 is 6.86. The van der Waals surface area contributed by atoms with Crippen molar-refractivity contribution in [3.8, 4) is 6.07 Å². The smallest absolute Gasteiger partial charge is 0.270 e. The monoisotopic (exact) mass is 508 g/mol. The summed E-state index contributed by atoms with van der Waals surface area (Å²) in [5.41, 5.74) is 2.10. The van der Waals surface area contributed by atoms with Crippen molar-refractivity contribution >= 4 is 46.1 Å². The number of hydrogen-bond acceptors (Lipinski definition) is 7. The molecule has 2 aliphatic rings. The van der Waals surface area contributed by atoms with Crippen LogP contribution in [0.2, 0.25) is 0 Å². The lowest BCUT2D eigenvalue weighted by atomic mass is 10.0. The topological polar surface area (TPSA) is 78.6 Å². The Balaban J connectivity index is 1.85. The Hall–Kier alpha value is -2.93. The number of rotatable bonds is 6. The van der Waals surface area contributed by atoms with E-state index in [9.17, 15) is 14.9 Å². The van der Waals surface area contributed by atoms with E-state index in [1.54, 1.807) is 16.4 Å². The molecular formula is C26H28N4O3S2. The Morgan fingerprint density at radius 2 is 1.91 bits per heavy atom. The molecule has 2 fully saturated rings. The van der Waals surface area contributed by atoms with Gasteiger partial charge in [0.25, 0.3) is 11.5 Å². The number of pyridine rings is 1. The number of morpholine rings is 1. The summed E-state index contributed by atoms with van der Waals surface area (Å²) in [4.78, 5) is 31.0. The van der Waals surface area contributed by atoms with Crippen LogP contribution < -0.4 is 10.5 Å². The van der Waals surface area contributed by atoms with E-state index < -0.39 is 0 Å². The SMILES string of the molecule is CCCn1c(N2CCOCC2)c(C=C2SC(=S)N(C(C)c3ccccc3)C2=O)c(C)c(C#N)c1=O. The van der Waals surface area contributed by atoms with Gasteiger partial charge in [-0.2, -0.15) is 5.26 Å². The number of hydrogen-bond donors (Lipinski definition) is 0. The minimum absolute atomic E-state index is 0.106. The van der Waals surface area contributed by atoms with E-state index in [1.807, 2.05) is 50.3 Å². The van der Waals surface area contributed by atoms with Crippen molar-refractivity contribution in [2.24, 2.45) is 0 Å². The molecule has 0 aliphatic carbocycles. The third kappa shape index (κ3) is 4.79. The number of aromatic nitrogens is 1. The highest BCUT2D eigenvalue weighted by atomic mass is 32.2. The van der Waals surface area contributed by atoms with Crippen LogP contribution in [0.3, 0.4) is 0 Å². The summed E-state index contributed by atoms with van der Waals surface area (Å²) in [6.07, 6.45) is 2.55. The lowest BCUT2D eigenvalue weighted by Crippen LogP contribution is -2.41. The largest absolute Gasteiger partial charge is 0.378 e. The van der Waals surface area contributed by atoms with Gasteiger partial charge in [0, 0.05) is 25.2 Å². The van der Waals surface area contributed by atoms with E-state index >= 15 is 0 Å². The van der Waals surface area contributed by atoms with Crippen molar-refractivity contribution in [1.29, 1.82) is 5.26 Å². The molecule has 1 aromatic carbocycles. The number of anilines is 1. The minimum atomic E-state index is -0.296. The Morgan fingerprint density at radius 3 is 2.54 bits per heavy atom. The first-order valence-corrected chi connectivity index (χ1v) is 12.9. The fraction of sp³-hybridized carbons (Fsp3) is 0.385. The molecule has 9 heteroatoms. The normalized spacial score (nSPS) is 18.3. The first-order valence-electron chi connectivity index (χ1n) is 11.7. The Morgan fingerprint density at radius 1 is 1.23 bits per heavy atom. The molecule has 0 bridgehead atoms. The van der Waals surface area contributed by atoms with Gasteiger partial charge in [-0.3, -0.25) is 19.1 Å². The standard InChI is InChI=1S/C26H28N4O3S2/c1-4-10-29-23(28-11-13-33-14-12-28)20(17(2)21(16-27)24(29)31)15-22-25(32)30(26(34)35-22)18(3)19-8-6-5-7-9-19/h5-9,15,18H,4,10-14H2,1-3H3. The van der Waals surface area contributed by atoms with Crippen LogP contribution in [0.1, 0.15) is 48.6 Å². The van der Waals surface area contributed by atoms with Crippen molar-refractivity contribution < 1.29 is 9.53 Å². The molecule has 1 atom stereocenters. The molecule has 1 unspecified atom stereocenters. The van der Waals surface area contributed by atoms with E-state index in [-0.39, 0.29) is 23.1 Å². The Labute approximate surface area is 215 Å². The molecule has 0 radical (unpaired) electrons. The van der Waals surface area contributed by atoms with Crippen molar-refractivity contribution in [3.63, 3.8) is 0 Å². The number of nitrogens with zero attached hydrogens (tertiary/aromatic N) is 4. The molecule has 2 aromatic rings. The predicted octanol–water partition coefficient (Wildman–Crippen LogP) is 4.24. The Bertz CT molecular complexity index is 1270. The highest BCUT2D eigenvalue weighted by molar-refractivity contribution is 8.26. The van der Waals surface area contributed by atoms with Crippen molar-refractivity contribution in [2.75, 3.05) is 31.2 Å². The molecule has 4 rings (SSSR count). The van der Waals surface area contributed by atoms with Crippen molar-refractivity contribution in [2.45, 2.75) is 39.8 Å². The molecule has 0 spiro atoms. The highest BCUT2D eigenvalue weighted by Gasteiger charge is 2.36. The summed E-state index contributed by atoms with van der Waals surface area (Å²) in [5, 5.41) is 9.79. The van der Waals surface area contributed by atoms with Crippen LogP contribution in [0.4, 0.5) is 5.82 Å². The number of nitriles is 1. The first-order chi connectivity index (χ1) is 16.9. The van der Waals surface area contributed by atoms with E-state index in [4.69, 9.17) is 17.0 Å². The number of thiocarbonyl (C=S) groups is 1. The zero-order valence-electron chi connectivity index (χ0n) is 20.1. The third-order valence-electron chi connectivity index (χ3n) is 6.37. The van der Waals surface area contributed by atoms with E-state index in [0.717, 1.165) is 17.8 Å². The van der Waals surface area contributed by atoms with E-state index in [1.165, 1.54) is 11.8 Å². The molecule has 7 nitrogen and oxygen atoms in total. The molecule has 0 N–H and O–H groups in total. The van der Waals surface area contributed by atoms with Gasteiger partial charge in [-0.1, -0.05) is 61.2 Å². The van der Waals surface area contributed by atoms with Gasteiger partial charge in [-0.25, -0.2) is 0 Å². The van der Waals surface area contributed by atoms with E-state index in [2.05, 4.69) is 11.0 Å². The maximum absolute atomic E-state index is 13.5. The first kappa shape index (κ1) is 25.2. The van der Waals surface area contributed by atoms with Gasteiger partial charge in [-0.15, -0.1) is 0 Å². The van der Waals surface area contributed by atoms with Gasteiger partial charge in [-0.05, 0) is 37.5 Å².